The zero-order valence-corrected chi connectivity index (χ0v) is 11.8. The van der Waals surface area contributed by atoms with Crippen molar-refractivity contribution in [3.63, 3.8) is 0 Å². The zero-order valence-electron chi connectivity index (χ0n) is 11.8. The molecule has 1 aromatic rings. The number of carbonyl (C=O) groups is 3. The lowest BCUT2D eigenvalue weighted by Gasteiger charge is -2.20. The maximum atomic E-state index is 12.1. The van der Waals surface area contributed by atoms with E-state index in [-0.39, 0.29) is 24.8 Å². The third-order valence-corrected chi connectivity index (χ3v) is 2.84. The summed E-state index contributed by atoms with van der Waals surface area (Å²) in [6.07, 6.45) is 0.00272. The molecule has 0 fully saturated rings. The van der Waals surface area contributed by atoms with Crippen LogP contribution < -0.4 is 0 Å². The van der Waals surface area contributed by atoms with Gasteiger partial charge in [0.1, 0.15) is 5.60 Å². The van der Waals surface area contributed by atoms with Crippen molar-refractivity contribution in [2.75, 3.05) is 6.54 Å². The number of rotatable bonds is 3. The molecule has 1 aliphatic rings. The number of hydrogen-bond acceptors (Lipinski definition) is 4. The molecular weight excluding hydrogens is 258 g/mol. The molecular formula is C15H17NO4. The molecule has 5 heteroatoms. The van der Waals surface area contributed by atoms with Crippen molar-refractivity contribution in [3.8, 4) is 0 Å². The van der Waals surface area contributed by atoms with Gasteiger partial charge in [-0.25, -0.2) is 0 Å². The van der Waals surface area contributed by atoms with E-state index < -0.39 is 11.6 Å². The van der Waals surface area contributed by atoms with E-state index in [0.29, 0.717) is 11.1 Å². The monoisotopic (exact) mass is 275 g/mol. The maximum Gasteiger partial charge on any atom is 0.308 e. The Morgan fingerprint density at radius 1 is 1.10 bits per heavy atom. The Balaban J connectivity index is 2.01. The topological polar surface area (TPSA) is 63.7 Å². The van der Waals surface area contributed by atoms with Gasteiger partial charge in [0.2, 0.25) is 0 Å². The van der Waals surface area contributed by atoms with E-state index in [1.54, 1.807) is 45.0 Å². The van der Waals surface area contributed by atoms with Crippen LogP contribution in [-0.2, 0) is 9.53 Å². The molecule has 0 N–H and O–H groups in total. The summed E-state index contributed by atoms with van der Waals surface area (Å²) in [5, 5.41) is 0. The first-order valence-electron chi connectivity index (χ1n) is 6.46. The normalized spacial score (nSPS) is 14.4. The number of hydrogen-bond donors (Lipinski definition) is 0. The van der Waals surface area contributed by atoms with Gasteiger partial charge >= 0.3 is 5.97 Å². The number of benzene rings is 1. The molecule has 0 aliphatic carbocycles. The van der Waals surface area contributed by atoms with Crippen LogP contribution in [0.5, 0.6) is 0 Å². The SMILES string of the molecule is CC(C)(C)OC(=O)CCN1C(=O)c2ccccc2C1=O. The standard InChI is InChI=1S/C15H17NO4/c1-15(2,3)20-12(17)8-9-16-13(18)10-6-4-5-7-11(10)14(16)19/h4-7H,8-9H2,1-3H3. The number of ether oxygens (including phenoxy) is 1. The molecule has 5 nitrogen and oxygen atoms in total. The molecule has 2 rings (SSSR count). The maximum absolute atomic E-state index is 12.1. The molecule has 106 valence electrons. The molecule has 2 amide bonds. The Morgan fingerprint density at radius 3 is 2.05 bits per heavy atom. The number of nitrogens with zero attached hydrogens (tertiary/aromatic N) is 1. The minimum absolute atomic E-state index is 0.00272. The van der Waals surface area contributed by atoms with Crippen molar-refractivity contribution in [1.82, 2.24) is 4.90 Å². The molecule has 0 saturated carbocycles. The Kier molecular flexibility index (Phi) is 3.61. The lowest BCUT2D eigenvalue weighted by atomic mass is 10.1. The summed E-state index contributed by atoms with van der Waals surface area (Å²) in [4.78, 5) is 36.8. The van der Waals surface area contributed by atoms with Crippen LogP contribution in [0.15, 0.2) is 24.3 Å². The molecule has 0 unspecified atom stereocenters. The van der Waals surface area contributed by atoms with Crippen molar-refractivity contribution < 1.29 is 19.1 Å². The van der Waals surface area contributed by atoms with E-state index >= 15 is 0 Å². The molecule has 1 aliphatic heterocycles. The smallest absolute Gasteiger partial charge is 0.308 e. The number of fused-ring (bicyclic) bond motifs is 1. The highest BCUT2D eigenvalue weighted by Gasteiger charge is 2.35. The Hall–Kier alpha value is -2.17. The van der Waals surface area contributed by atoms with Crippen LogP contribution in [-0.4, -0.2) is 34.8 Å². The van der Waals surface area contributed by atoms with E-state index in [1.165, 1.54) is 0 Å². The molecule has 0 atom stereocenters. The van der Waals surface area contributed by atoms with Crippen LogP contribution in [0.1, 0.15) is 47.9 Å². The predicted octanol–water partition coefficient (Wildman–Crippen LogP) is 2.01. The van der Waals surface area contributed by atoms with Crippen LogP contribution in [0.2, 0.25) is 0 Å². The largest absolute Gasteiger partial charge is 0.460 e. The number of imide groups is 1. The van der Waals surface area contributed by atoms with Gasteiger partial charge in [0, 0.05) is 6.54 Å². The number of carbonyl (C=O) groups excluding carboxylic acids is 3. The van der Waals surface area contributed by atoms with Crippen molar-refractivity contribution >= 4 is 17.8 Å². The van der Waals surface area contributed by atoms with Crippen molar-refractivity contribution in [2.24, 2.45) is 0 Å². The van der Waals surface area contributed by atoms with Gasteiger partial charge in [0.25, 0.3) is 11.8 Å². The van der Waals surface area contributed by atoms with Crippen LogP contribution in [0, 0.1) is 0 Å². The molecule has 0 aromatic heterocycles. The van der Waals surface area contributed by atoms with Crippen molar-refractivity contribution in [1.29, 1.82) is 0 Å². The minimum Gasteiger partial charge on any atom is -0.460 e. The second-order valence-corrected chi connectivity index (χ2v) is 5.64. The van der Waals surface area contributed by atoms with Gasteiger partial charge in [-0.15, -0.1) is 0 Å². The lowest BCUT2D eigenvalue weighted by molar-refractivity contribution is -0.154. The quantitative estimate of drug-likeness (QED) is 0.625. The third-order valence-electron chi connectivity index (χ3n) is 2.84. The fourth-order valence-electron chi connectivity index (χ4n) is 2.04. The Morgan fingerprint density at radius 2 is 1.60 bits per heavy atom. The summed E-state index contributed by atoms with van der Waals surface area (Å²) in [5.41, 5.74) is 0.211. The summed E-state index contributed by atoms with van der Waals surface area (Å²) in [6, 6.07) is 6.65. The van der Waals surface area contributed by atoms with Crippen LogP contribution in [0.4, 0.5) is 0 Å². The zero-order chi connectivity index (χ0) is 14.9. The first-order chi connectivity index (χ1) is 9.29. The molecule has 0 spiro atoms. The number of esters is 1. The van der Waals surface area contributed by atoms with Gasteiger partial charge in [0.15, 0.2) is 0 Å². The molecule has 1 heterocycles. The van der Waals surface area contributed by atoms with Crippen LogP contribution in [0.3, 0.4) is 0 Å². The van der Waals surface area contributed by atoms with Crippen LogP contribution >= 0.6 is 0 Å². The summed E-state index contributed by atoms with van der Waals surface area (Å²) < 4.78 is 5.16. The minimum atomic E-state index is -0.570. The highest BCUT2D eigenvalue weighted by atomic mass is 16.6. The summed E-state index contributed by atoms with van der Waals surface area (Å²) in [6.45, 7) is 5.36. The van der Waals surface area contributed by atoms with E-state index in [9.17, 15) is 14.4 Å². The first kappa shape index (κ1) is 14.2. The molecule has 0 radical (unpaired) electrons. The van der Waals surface area contributed by atoms with Gasteiger partial charge in [-0.3, -0.25) is 19.3 Å². The molecule has 20 heavy (non-hydrogen) atoms. The average Bonchev–Trinajstić information content (AvgIpc) is 2.59. The summed E-state index contributed by atoms with van der Waals surface area (Å²) in [7, 11) is 0. The summed E-state index contributed by atoms with van der Waals surface area (Å²) >= 11 is 0. The number of amides is 2. The fourth-order valence-corrected chi connectivity index (χ4v) is 2.04. The van der Waals surface area contributed by atoms with Crippen molar-refractivity contribution in [2.45, 2.75) is 32.8 Å². The third kappa shape index (κ3) is 2.87. The van der Waals surface area contributed by atoms with Gasteiger partial charge in [-0.05, 0) is 32.9 Å². The fraction of sp³-hybridized carbons (Fsp3) is 0.400. The second-order valence-electron chi connectivity index (χ2n) is 5.64. The van der Waals surface area contributed by atoms with Gasteiger partial charge < -0.3 is 4.74 Å². The Bertz CT molecular complexity index is 536. The molecule has 1 aromatic carbocycles. The Labute approximate surface area is 117 Å². The lowest BCUT2D eigenvalue weighted by Crippen LogP contribution is -2.33. The van der Waals surface area contributed by atoms with Gasteiger partial charge in [-0.2, -0.15) is 0 Å². The summed E-state index contributed by atoms with van der Waals surface area (Å²) in [5.74, 6) is -1.13. The highest BCUT2D eigenvalue weighted by Crippen LogP contribution is 2.22. The predicted molar refractivity (Wildman–Crippen MR) is 72.3 cm³/mol. The molecule has 0 bridgehead atoms. The van der Waals surface area contributed by atoms with E-state index in [0.717, 1.165) is 4.90 Å². The molecule has 0 saturated heterocycles. The first-order valence-corrected chi connectivity index (χ1v) is 6.46. The average molecular weight is 275 g/mol. The highest BCUT2D eigenvalue weighted by molar-refractivity contribution is 6.21. The van der Waals surface area contributed by atoms with Gasteiger partial charge in [0.05, 0.1) is 17.5 Å². The van der Waals surface area contributed by atoms with E-state index in [2.05, 4.69) is 0 Å². The van der Waals surface area contributed by atoms with Gasteiger partial charge in [-0.1, -0.05) is 12.1 Å². The van der Waals surface area contributed by atoms with Crippen LogP contribution in [0.25, 0.3) is 0 Å². The van der Waals surface area contributed by atoms with E-state index in [4.69, 9.17) is 4.74 Å². The van der Waals surface area contributed by atoms with Crippen molar-refractivity contribution in [3.05, 3.63) is 35.4 Å². The van der Waals surface area contributed by atoms with E-state index in [1.807, 2.05) is 0 Å². The second kappa shape index (κ2) is 5.07.